The number of nitrogens with zero attached hydrogens (tertiary/aromatic N) is 3. The summed E-state index contributed by atoms with van der Waals surface area (Å²) in [5, 5.41) is 4.10. The summed E-state index contributed by atoms with van der Waals surface area (Å²) in [5.74, 6) is -1.07. The normalized spacial score (nSPS) is 18.5. The zero-order chi connectivity index (χ0) is 23.0. The van der Waals surface area contributed by atoms with Gasteiger partial charge in [-0.15, -0.1) is 0 Å². The summed E-state index contributed by atoms with van der Waals surface area (Å²) in [7, 11) is 1.63. The number of rotatable bonds is 3. The molecule has 8 nitrogen and oxygen atoms in total. The number of likely N-dealkylation sites (N-methyl/N-ethyl adjacent to an activating group) is 1. The number of pyridine rings is 1. The lowest BCUT2D eigenvalue weighted by molar-refractivity contribution is -0.166. The van der Waals surface area contributed by atoms with Crippen LogP contribution in [-0.4, -0.2) is 40.9 Å². The Morgan fingerprint density at radius 2 is 1.94 bits per heavy atom. The van der Waals surface area contributed by atoms with Crippen molar-refractivity contribution in [3.8, 4) is 11.5 Å². The minimum absolute atomic E-state index is 0.211. The highest BCUT2D eigenvalue weighted by Gasteiger charge is 2.47. The van der Waals surface area contributed by atoms with Crippen molar-refractivity contribution in [2.45, 2.75) is 12.8 Å². The lowest BCUT2D eigenvalue weighted by atomic mass is 10.0. The molecule has 0 saturated heterocycles. The third-order valence-electron chi connectivity index (χ3n) is 5.47. The molecule has 1 spiro atoms. The first-order valence-corrected chi connectivity index (χ1v) is 10.3. The number of para-hydroxylation sites is 1. The van der Waals surface area contributed by atoms with E-state index in [0.717, 1.165) is 11.1 Å². The molecule has 8 heteroatoms. The molecular weight excluding hydrogens is 420 g/mol. The maximum absolute atomic E-state index is 13.0. The summed E-state index contributed by atoms with van der Waals surface area (Å²) in [5.41, 5.74) is 5.85. The lowest BCUT2D eigenvalue weighted by Crippen LogP contribution is -2.60. The standard InChI is InChI=1S/C25H20N4O4/c1-16-13-18-7-10-25(29(2)24(31)20-5-3-4-6-21(20)32-25)33-22(18)19(14-16)15-27-28-23(30)17-8-11-26-12-9-17/h3-15H,1-2H3,(H,28,30)/b27-15+. The number of hydrazone groups is 1. The monoisotopic (exact) mass is 440 g/mol. The minimum atomic E-state index is -1.43. The summed E-state index contributed by atoms with van der Waals surface area (Å²) in [6, 6.07) is 14.1. The molecular formula is C25H20N4O4. The summed E-state index contributed by atoms with van der Waals surface area (Å²) in [4.78, 5) is 30.6. The van der Waals surface area contributed by atoms with Crippen molar-refractivity contribution in [1.29, 1.82) is 0 Å². The van der Waals surface area contributed by atoms with E-state index in [1.165, 1.54) is 23.5 Å². The maximum Gasteiger partial charge on any atom is 0.362 e. The van der Waals surface area contributed by atoms with Gasteiger partial charge in [0.05, 0.1) is 11.8 Å². The molecule has 2 amide bonds. The Hall–Kier alpha value is -4.46. The van der Waals surface area contributed by atoms with Gasteiger partial charge in [-0.05, 0) is 55.0 Å². The van der Waals surface area contributed by atoms with Gasteiger partial charge in [0.1, 0.15) is 11.5 Å². The first-order valence-electron chi connectivity index (χ1n) is 10.3. The fourth-order valence-electron chi connectivity index (χ4n) is 3.79. The molecule has 0 fully saturated rings. The van der Waals surface area contributed by atoms with Crippen LogP contribution in [0.15, 0.2) is 72.1 Å². The van der Waals surface area contributed by atoms with Crippen LogP contribution >= 0.6 is 0 Å². The van der Waals surface area contributed by atoms with E-state index in [2.05, 4.69) is 15.5 Å². The lowest BCUT2D eigenvalue weighted by Gasteiger charge is -2.44. The highest BCUT2D eigenvalue weighted by Crippen LogP contribution is 2.40. The van der Waals surface area contributed by atoms with Crippen molar-refractivity contribution in [1.82, 2.24) is 15.3 Å². The van der Waals surface area contributed by atoms with Crippen LogP contribution in [-0.2, 0) is 0 Å². The van der Waals surface area contributed by atoms with E-state index in [9.17, 15) is 9.59 Å². The number of hydrogen-bond donors (Lipinski definition) is 1. The van der Waals surface area contributed by atoms with Crippen LogP contribution in [0.25, 0.3) is 6.08 Å². The molecule has 2 aliphatic heterocycles. The average Bonchev–Trinajstić information content (AvgIpc) is 2.83. The van der Waals surface area contributed by atoms with Crippen LogP contribution in [0.3, 0.4) is 0 Å². The van der Waals surface area contributed by atoms with Crippen LogP contribution in [0.2, 0.25) is 0 Å². The van der Waals surface area contributed by atoms with Crippen LogP contribution in [0, 0.1) is 6.92 Å². The highest BCUT2D eigenvalue weighted by molar-refractivity contribution is 5.99. The van der Waals surface area contributed by atoms with Gasteiger partial charge in [-0.3, -0.25) is 19.5 Å². The van der Waals surface area contributed by atoms with Gasteiger partial charge in [-0.2, -0.15) is 5.10 Å². The number of nitrogens with one attached hydrogen (secondary N) is 1. The average molecular weight is 440 g/mol. The molecule has 1 N–H and O–H groups in total. The van der Waals surface area contributed by atoms with E-state index in [-0.39, 0.29) is 11.8 Å². The van der Waals surface area contributed by atoms with Crippen LogP contribution in [0.5, 0.6) is 11.5 Å². The third kappa shape index (κ3) is 3.61. The second-order valence-electron chi connectivity index (χ2n) is 7.74. The molecule has 3 heterocycles. The van der Waals surface area contributed by atoms with Gasteiger partial charge in [0, 0.05) is 42.2 Å². The van der Waals surface area contributed by atoms with E-state index >= 15 is 0 Å². The molecule has 0 saturated carbocycles. The Balaban J connectivity index is 1.46. The van der Waals surface area contributed by atoms with Gasteiger partial charge in [-0.1, -0.05) is 12.1 Å². The Morgan fingerprint density at radius 1 is 1.15 bits per heavy atom. The number of fused-ring (bicyclic) bond motifs is 2. The number of carbonyl (C=O) groups excluding carboxylic acids is 2. The largest absolute Gasteiger partial charge is 0.431 e. The molecule has 164 valence electrons. The Kier molecular flexibility index (Phi) is 4.90. The van der Waals surface area contributed by atoms with E-state index in [0.29, 0.717) is 28.2 Å². The fraction of sp³-hybridized carbons (Fsp3) is 0.120. The molecule has 5 rings (SSSR count). The summed E-state index contributed by atoms with van der Waals surface area (Å²) in [6.45, 7) is 1.95. The number of aryl methyl sites for hydroxylation is 1. The van der Waals surface area contributed by atoms with Crippen LogP contribution in [0.1, 0.15) is 37.4 Å². The molecule has 1 aromatic heterocycles. The predicted octanol–water partition coefficient (Wildman–Crippen LogP) is 3.38. The fourth-order valence-corrected chi connectivity index (χ4v) is 3.79. The van der Waals surface area contributed by atoms with Gasteiger partial charge in [0.2, 0.25) is 0 Å². The smallest absolute Gasteiger partial charge is 0.362 e. The molecule has 0 aliphatic carbocycles. The zero-order valence-corrected chi connectivity index (χ0v) is 18.0. The van der Waals surface area contributed by atoms with Crippen LogP contribution in [0.4, 0.5) is 0 Å². The molecule has 1 unspecified atom stereocenters. The van der Waals surface area contributed by atoms with E-state index in [1.54, 1.807) is 49.5 Å². The number of aromatic nitrogens is 1. The summed E-state index contributed by atoms with van der Waals surface area (Å²) < 4.78 is 12.5. The predicted molar refractivity (Wildman–Crippen MR) is 122 cm³/mol. The number of ether oxygens (including phenoxy) is 2. The first kappa shape index (κ1) is 20.4. The van der Waals surface area contributed by atoms with Crippen molar-refractivity contribution in [2.24, 2.45) is 5.10 Å². The molecule has 33 heavy (non-hydrogen) atoms. The second-order valence-corrected chi connectivity index (χ2v) is 7.74. The Bertz CT molecular complexity index is 1320. The van der Waals surface area contributed by atoms with Gasteiger partial charge >= 0.3 is 5.91 Å². The Morgan fingerprint density at radius 3 is 2.76 bits per heavy atom. The molecule has 1 atom stereocenters. The molecule has 2 aliphatic rings. The van der Waals surface area contributed by atoms with Crippen molar-refractivity contribution < 1.29 is 19.1 Å². The van der Waals surface area contributed by atoms with Crippen molar-refractivity contribution in [2.75, 3.05) is 7.05 Å². The van der Waals surface area contributed by atoms with Crippen LogP contribution < -0.4 is 14.9 Å². The van der Waals surface area contributed by atoms with Gasteiger partial charge in [0.15, 0.2) is 0 Å². The SMILES string of the molecule is Cc1cc2c(c(/C=N/NC(=O)c3ccncc3)c1)OC1(C=C2)Oc2ccccc2C(=O)N1C. The van der Waals surface area contributed by atoms with Crippen molar-refractivity contribution >= 4 is 24.1 Å². The van der Waals surface area contributed by atoms with Gasteiger partial charge < -0.3 is 9.47 Å². The molecule has 3 aromatic rings. The molecule has 0 bridgehead atoms. The summed E-state index contributed by atoms with van der Waals surface area (Å²) in [6.07, 6.45) is 8.16. The molecule has 0 radical (unpaired) electrons. The molecule has 2 aromatic carbocycles. The van der Waals surface area contributed by atoms with Crippen molar-refractivity contribution in [3.63, 3.8) is 0 Å². The van der Waals surface area contributed by atoms with Gasteiger partial charge in [0.25, 0.3) is 11.8 Å². The minimum Gasteiger partial charge on any atom is -0.431 e. The maximum atomic E-state index is 13.0. The number of amides is 2. The number of benzene rings is 2. The third-order valence-corrected chi connectivity index (χ3v) is 5.47. The van der Waals surface area contributed by atoms with E-state index < -0.39 is 5.91 Å². The second kappa shape index (κ2) is 7.90. The van der Waals surface area contributed by atoms with E-state index in [1.807, 2.05) is 25.1 Å². The summed E-state index contributed by atoms with van der Waals surface area (Å²) >= 11 is 0. The topological polar surface area (TPSA) is 93.1 Å². The highest BCUT2D eigenvalue weighted by atomic mass is 16.7. The number of carbonyl (C=O) groups is 2. The van der Waals surface area contributed by atoms with Crippen molar-refractivity contribution in [3.05, 3.63) is 94.8 Å². The first-order chi connectivity index (χ1) is 16.0. The van der Waals surface area contributed by atoms with E-state index in [4.69, 9.17) is 9.47 Å². The Labute approximate surface area is 190 Å². The number of hydrogen-bond acceptors (Lipinski definition) is 6. The van der Waals surface area contributed by atoms with Gasteiger partial charge in [-0.25, -0.2) is 5.43 Å². The zero-order valence-electron chi connectivity index (χ0n) is 18.0. The quantitative estimate of drug-likeness (QED) is 0.498.